The minimum atomic E-state index is -0.237. The van der Waals surface area contributed by atoms with Crippen molar-refractivity contribution >= 4 is 23.0 Å². The van der Waals surface area contributed by atoms with E-state index < -0.39 is 0 Å². The highest BCUT2D eigenvalue weighted by molar-refractivity contribution is 5.94. The molecule has 4 heterocycles. The number of nitrogens with zero attached hydrogens (tertiary/aromatic N) is 6. The molecule has 5 rings (SSSR count). The quantitative estimate of drug-likeness (QED) is 0.528. The Labute approximate surface area is 204 Å². The van der Waals surface area contributed by atoms with E-state index in [1.807, 2.05) is 9.47 Å². The molecule has 1 amide bonds. The number of carbonyl (C=O) groups excluding carboxylic acids is 1. The minimum absolute atomic E-state index is 0.0342. The fourth-order valence-corrected chi connectivity index (χ4v) is 4.74. The van der Waals surface area contributed by atoms with Crippen molar-refractivity contribution in [2.75, 3.05) is 31.1 Å². The molecule has 2 aromatic heterocycles. The number of likely N-dealkylation sites (tertiary alicyclic amines) is 1. The summed E-state index contributed by atoms with van der Waals surface area (Å²) in [5.74, 6) is 7.24. The van der Waals surface area contributed by atoms with E-state index in [0.717, 1.165) is 57.8 Å². The molecule has 0 N–H and O–H groups in total. The Kier molecular flexibility index (Phi) is 6.45. The molecule has 35 heavy (non-hydrogen) atoms. The van der Waals surface area contributed by atoms with Gasteiger partial charge in [-0.25, -0.2) is 0 Å². The third-order valence-electron chi connectivity index (χ3n) is 6.68. The molecule has 0 aliphatic carbocycles. The van der Waals surface area contributed by atoms with Crippen LogP contribution in [0.5, 0.6) is 11.8 Å². The van der Waals surface area contributed by atoms with E-state index in [9.17, 15) is 9.59 Å². The van der Waals surface area contributed by atoms with Gasteiger partial charge in [-0.15, -0.1) is 5.92 Å². The van der Waals surface area contributed by atoms with Crippen LogP contribution in [0.3, 0.4) is 0 Å². The number of aromatic nitrogens is 4. The molecule has 182 valence electrons. The molecule has 0 atom stereocenters. The third-order valence-corrected chi connectivity index (χ3v) is 6.68. The second kappa shape index (κ2) is 9.82. The van der Waals surface area contributed by atoms with Gasteiger partial charge in [-0.1, -0.05) is 5.92 Å². The van der Waals surface area contributed by atoms with Crippen molar-refractivity contribution in [1.29, 1.82) is 0 Å². The third kappa shape index (κ3) is 4.48. The molecule has 2 aliphatic rings. The van der Waals surface area contributed by atoms with E-state index in [-0.39, 0.29) is 17.5 Å². The van der Waals surface area contributed by atoms with E-state index in [4.69, 9.17) is 9.72 Å². The molecule has 0 saturated carbocycles. The first-order valence-electron chi connectivity index (χ1n) is 12.3. The van der Waals surface area contributed by atoms with Crippen LogP contribution in [0.15, 0.2) is 29.1 Å². The standard InChI is InChI=1S/C26H30N6O3/c1-3-4-18-32-21-22(27-25(32)31-16-6-5-7-17-31)28-26(29(2)24(21)34)35-20-12-10-19(11-13-20)23(33)30-14-8-9-15-30/h10-13H,5-9,14-18H2,1-2H3. The first kappa shape index (κ1) is 23.0. The number of hydrogen-bond donors (Lipinski definition) is 0. The van der Waals surface area contributed by atoms with Crippen LogP contribution in [-0.2, 0) is 13.6 Å². The van der Waals surface area contributed by atoms with Crippen LogP contribution in [-0.4, -0.2) is 56.1 Å². The lowest BCUT2D eigenvalue weighted by molar-refractivity contribution is 0.0793. The molecule has 9 heteroatoms. The zero-order valence-electron chi connectivity index (χ0n) is 20.3. The summed E-state index contributed by atoms with van der Waals surface area (Å²) in [5, 5.41) is 0. The number of carbonyl (C=O) groups is 1. The number of hydrogen-bond acceptors (Lipinski definition) is 6. The molecule has 3 aromatic rings. The van der Waals surface area contributed by atoms with Gasteiger partial charge in [0, 0.05) is 38.8 Å². The Bertz CT molecular complexity index is 1350. The molecule has 0 radical (unpaired) electrons. The highest BCUT2D eigenvalue weighted by Crippen LogP contribution is 2.26. The lowest BCUT2D eigenvalue weighted by Crippen LogP contribution is -2.32. The number of rotatable bonds is 5. The first-order chi connectivity index (χ1) is 17.1. The zero-order chi connectivity index (χ0) is 24.4. The van der Waals surface area contributed by atoms with Gasteiger partial charge in [0.2, 0.25) is 5.95 Å². The van der Waals surface area contributed by atoms with Gasteiger partial charge in [-0.3, -0.25) is 18.7 Å². The van der Waals surface area contributed by atoms with Gasteiger partial charge in [-0.2, -0.15) is 9.97 Å². The number of imidazole rings is 1. The number of amides is 1. The summed E-state index contributed by atoms with van der Waals surface area (Å²) in [6.45, 7) is 5.57. The number of anilines is 1. The molecule has 9 nitrogen and oxygen atoms in total. The second-order valence-electron chi connectivity index (χ2n) is 9.03. The number of ether oxygens (including phenoxy) is 1. The maximum atomic E-state index is 13.4. The maximum absolute atomic E-state index is 13.4. The Morgan fingerprint density at radius 1 is 1.00 bits per heavy atom. The average Bonchev–Trinajstić information content (AvgIpc) is 3.55. The lowest BCUT2D eigenvalue weighted by atomic mass is 10.1. The molecule has 2 saturated heterocycles. The average molecular weight is 475 g/mol. The van der Waals surface area contributed by atoms with Crippen LogP contribution < -0.4 is 15.2 Å². The van der Waals surface area contributed by atoms with Crippen molar-refractivity contribution in [3.8, 4) is 23.6 Å². The van der Waals surface area contributed by atoms with Gasteiger partial charge in [0.1, 0.15) is 5.75 Å². The molecule has 0 unspecified atom stereocenters. The molecule has 2 fully saturated rings. The molecular formula is C26H30N6O3. The lowest BCUT2D eigenvalue weighted by Gasteiger charge is -2.27. The topological polar surface area (TPSA) is 85.5 Å². The summed E-state index contributed by atoms with van der Waals surface area (Å²) in [6.07, 6.45) is 5.49. The van der Waals surface area contributed by atoms with Gasteiger partial charge in [-0.05, 0) is 63.3 Å². The van der Waals surface area contributed by atoms with Crippen LogP contribution in [0, 0.1) is 11.8 Å². The van der Waals surface area contributed by atoms with E-state index in [1.54, 1.807) is 38.2 Å². The van der Waals surface area contributed by atoms with Gasteiger partial charge in [0.05, 0.1) is 6.54 Å². The minimum Gasteiger partial charge on any atom is -0.425 e. The summed E-state index contributed by atoms with van der Waals surface area (Å²) < 4.78 is 9.23. The molecule has 0 spiro atoms. The van der Waals surface area contributed by atoms with Crippen LogP contribution in [0.4, 0.5) is 5.95 Å². The van der Waals surface area contributed by atoms with Crippen molar-refractivity contribution in [2.45, 2.75) is 45.6 Å². The SMILES string of the molecule is CC#CCn1c(N2CCCCC2)nc2nc(Oc3ccc(C(=O)N4CCCC4)cc3)n(C)c(=O)c21. The summed E-state index contributed by atoms with van der Waals surface area (Å²) in [5.41, 5.74) is 1.16. The van der Waals surface area contributed by atoms with Crippen LogP contribution >= 0.6 is 0 Å². The van der Waals surface area contributed by atoms with Gasteiger partial charge in [0.25, 0.3) is 11.5 Å². The number of fused-ring (bicyclic) bond motifs is 1. The predicted octanol–water partition coefficient (Wildman–Crippen LogP) is 3.17. The van der Waals surface area contributed by atoms with Crippen LogP contribution in [0.2, 0.25) is 0 Å². The molecule has 1 aromatic carbocycles. The van der Waals surface area contributed by atoms with Crippen molar-refractivity contribution in [2.24, 2.45) is 7.05 Å². The maximum Gasteiger partial charge on any atom is 0.306 e. The normalized spacial score (nSPS) is 15.8. The van der Waals surface area contributed by atoms with Gasteiger partial charge < -0.3 is 14.5 Å². The Hall–Kier alpha value is -3.80. The predicted molar refractivity (Wildman–Crippen MR) is 134 cm³/mol. The number of benzene rings is 1. The van der Waals surface area contributed by atoms with Crippen LogP contribution in [0.25, 0.3) is 11.2 Å². The smallest absolute Gasteiger partial charge is 0.306 e. The monoisotopic (exact) mass is 474 g/mol. The van der Waals surface area contributed by atoms with E-state index in [1.165, 1.54) is 11.0 Å². The summed E-state index contributed by atoms with van der Waals surface area (Å²) >= 11 is 0. The van der Waals surface area contributed by atoms with E-state index >= 15 is 0 Å². The molecular weight excluding hydrogens is 444 g/mol. The first-order valence-corrected chi connectivity index (χ1v) is 12.3. The Balaban J connectivity index is 1.46. The summed E-state index contributed by atoms with van der Waals surface area (Å²) in [7, 11) is 1.64. The Morgan fingerprint density at radius 3 is 2.37 bits per heavy atom. The summed E-state index contributed by atoms with van der Waals surface area (Å²) in [4.78, 5) is 39.4. The second-order valence-corrected chi connectivity index (χ2v) is 9.03. The summed E-state index contributed by atoms with van der Waals surface area (Å²) in [6, 6.07) is 7.11. The van der Waals surface area contributed by atoms with Crippen LogP contribution in [0.1, 0.15) is 49.4 Å². The van der Waals surface area contributed by atoms with E-state index in [2.05, 4.69) is 21.7 Å². The van der Waals surface area contributed by atoms with E-state index in [0.29, 0.717) is 29.0 Å². The highest BCUT2D eigenvalue weighted by Gasteiger charge is 2.24. The van der Waals surface area contributed by atoms with Crippen molar-refractivity contribution in [1.82, 2.24) is 24.0 Å². The molecule has 2 aliphatic heterocycles. The Morgan fingerprint density at radius 2 is 1.69 bits per heavy atom. The molecule has 0 bridgehead atoms. The largest absolute Gasteiger partial charge is 0.425 e. The van der Waals surface area contributed by atoms with Crippen molar-refractivity contribution < 1.29 is 9.53 Å². The number of piperidine rings is 1. The van der Waals surface area contributed by atoms with Crippen molar-refractivity contribution in [3.63, 3.8) is 0 Å². The van der Waals surface area contributed by atoms with Crippen molar-refractivity contribution in [3.05, 3.63) is 40.2 Å². The highest BCUT2D eigenvalue weighted by atomic mass is 16.5. The zero-order valence-corrected chi connectivity index (χ0v) is 20.3. The fourth-order valence-electron chi connectivity index (χ4n) is 4.74. The fraction of sp³-hybridized carbons (Fsp3) is 0.462. The van der Waals surface area contributed by atoms with Gasteiger partial charge >= 0.3 is 6.01 Å². The van der Waals surface area contributed by atoms with Gasteiger partial charge in [0.15, 0.2) is 11.2 Å².